The van der Waals surface area contributed by atoms with E-state index in [1.165, 1.54) is 11.3 Å². The number of hydrogen-bond acceptors (Lipinski definition) is 6. The highest BCUT2D eigenvalue weighted by atomic mass is 32.1. The number of urea groups is 1. The van der Waals surface area contributed by atoms with Crippen molar-refractivity contribution in [2.24, 2.45) is 0 Å². The number of imide groups is 1. The molecular formula is C21H19N3O4S. The van der Waals surface area contributed by atoms with E-state index in [9.17, 15) is 14.4 Å². The van der Waals surface area contributed by atoms with Crippen molar-refractivity contribution in [3.63, 3.8) is 0 Å². The minimum absolute atomic E-state index is 0.112. The molecule has 3 rings (SSSR count). The van der Waals surface area contributed by atoms with E-state index in [4.69, 9.17) is 4.74 Å². The molecule has 0 aliphatic rings. The molecule has 0 radical (unpaired) electrons. The lowest BCUT2D eigenvalue weighted by atomic mass is 10.1. The van der Waals surface area contributed by atoms with E-state index in [-0.39, 0.29) is 5.69 Å². The predicted molar refractivity (Wildman–Crippen MR) is 111 cm³/mol. The van der Waals surface area contributed by atoms with Crippen molar-refractivity contribution in [3.8, 4) is 10.6 Å². The van der Waals surface area contributed by atoms with Crippen LogP contribution >= 0.6 is 11.3 Å². The molecular weight excluding hydrogens is 390 g/mol. The molecule has 0 atom stereocenters. The number of aromatic nitrogens is 1. The molecule has 2 N–H and O–H groups in total. The van der Waals surface area contributed by atoms with Crippen LogP contribution in [0.2, 0.25) is 0 Å². The highest BCUT2D eigenvalue weighted by Gasteiger charge is 2.16. The largest absolute Gasteiger partial charge is 0.451 e. The zero-order chi connectivity index (χ0) is 20.8. The minimum atomic E-state index is -0.737. The molecule has 148 valence electrons. The van der Waals surface area contributed by atoms with Crippen molar-refractivity contribution >= 4 is 34.9 Å². The number of nitrogens with zero attached hydrogens (tertiary/aromatic N) is 1. The highest BCUT2D eigenvalue weighted by molar-refractivity contribution is 7.13. The first-order valence-electron chi connectivity index (χ1n) is 8.78. The van der Waals surface area contributed by atoms with Crippen molar-refractivity contribution in [2.45, 2.75) is 13.8 Å². The van der Waals surface area contributed by atoms with Crippen molar-refractivity contribution in [1.82, 2.24) is 10.3 Å². The third kappa shape index (κ3) is 5.49. The van der Waals surface area contributed by atoms with E-state index in [0.717, 1.165) is 16.7 Å². The number of rotatable bonds is 5. The standard InChI is InChI=1S/C21H19N3O4S/c1-13-8-9-16(14(2)10-13)23-21(27)24-18(25)11-28-20(26)17-12-29-19(22-17)15-6-4-3-5-7-15/h3-10,12H,11H2,1-2H3,(H2,23,24,25,27). The Kier molecular flexibility index (Phi) is 6.36. The molecule has 0 saturated carbocycles. The number of ether oxygens (including phenoxy) is 1. The lowest BCUT2D eigenvalue weighted by Gasteiger charge is -2.10. The average Bonchev–Trinajstić information content (AvgIpc) is 3.19. The molecule has 2 aromatic carbocycles. The van der Waals surface area contributed by atoms with Gasteiger partial charge in [0, 0.05) is 16.6 Å². The average molecular weight is 409 g/mol. The molecule has 0 aliphatic heterocycles. The summed E-state index contributed by atoms with van der Waals surface area (Å²) in [6, 6.07) is 14.2. The zero-order valence-electron chi connectivity index (χ0n) is 15.9. The molecule has 8 heteroatoms. The number of amides is 3. The first-order chi connectivity index (χ1) is 13.9. The Bertz CT molecular complexity index is 1050. The normalized spacial score (nSPS) is 10.3. The summed E-state index contributed by atoms with van der Waals surface area (Å²) in [6.45, 7) is 3.21. The van der Waals surface area contributed by atoms with Gasteiger partial charge in [0.2, 0.25) is 0 Å². The van der Waals surface area contributed by atoms with E-state index in [0.29, 0.717) is 10.7 Å². The molecule has 0 bridgehead atoms. The molecule has 0 saturated heterocycles. The van der Waals surface area contributed by atoms with Gasteiger partial charge >= 0.3 is 12.0 Å². The maximum absolute atomic E-state index is 12.1. The molecule has 0 unspecified atom stereocenters. The number of nitrogens with one attached hydrogen (secondary N) is 2. The SMILES string of the molecule is Cc1ccc(NC(=O)NC(=O)COC(=O)c2csc(-c3ccccc3)n2)c(C)c1. The Balaban J connectivity index is 1.49. The van der Waals surface area contributed by atoms with Crippen LogP contribution in [0.5, 0.6) is 0 Å². The van der Waals surface area contributed by atoms with E-state index in [1.54, 1.807) is 11.4 Å². The maximum Gasteiger partial charge on any atom is 0.358 e. The smallest absolute Gasteiger partial charge is 0.358 e. The third-order valence-electron chi connectivity index (χ3n) is 3.95. The Hall–Kier alpha value is -3.52. The van der Waals surface area contributed by atoms with Gasteiger partial charge in [0.1, 0.15) is 5.01 Å². The van der Waals surface area contributed by atoms with Crippen LogP contribution in [0.3, 0.4) is 0 Å². The Labute approximate surface area is 171 Å². The number of esters is 1. The molecule has 1 aromatic heterocycles. The lowest BCUT2D eigenvalue weighted by Crippen LogP contribution is -2.37. The highest BCUT2D eigenvalue weighted by Crippen LogP contribution is 2.23. The summed E-state index contributed by atoms with van der Waals surface area (Å²) >= 11 is 1.30. The fourth-order valence-electron chi connectivity index (χ4n) is 2.56. The monoisotopic (exact) mass is 409 g/mol. The Morgan fingerprint density at radius 2 is 1.83 bits per heavy atom. The van der Waals surface area contributed by atoms with Crippen LogP contribution in [0.25, 0.3) is 10.6 Å². The van der Waals surface area contributed by atoms with Crippen molar-refractivity contribution < 1.29 is 19.1 Å². The van der Waals surface area contributed by atoms with Gasteiger partial charge in [-0.25, -0.2) is 14.6 Å². The summed E-state index contributed by atoms with van der Waals surface area (Å²) in [5.74, 6) is -1.47. The number of benzene rings is 2. The van der Waals surface area contributed by atoms with Crippen LogP contribution in [-0.2, 0) is 9.53 Å². The number of hydrogen-bond donors (Lipinski definition) is 2. The maximum atomic E-state index is 12.1. The second-order valence-electron chi connectivity index (χ2n) is 6.30. The summed E-state index contributed by atoms with van der Waals surface area (Å²) < 4.78 is 4.94. The summed E-state index contributed by atoms with van der Waals surface area (Å²) in [4.78, 5) is 40.1. The van der Waals surface area contributed by atoms with Gasteiger partial charge in [0.15, 0.2) is 12.3 Å². The zero-order valence-corrected chi connectivity index (χ0v) is 16.7. The van der Waals surface area contributed by atoms with Crippen molar-refractivity contribution in [3.05, 3.63) is 70.7 Å². The fourth-order valence-corrected chi connectivity index (χ4v) is 3.35. The summed E-state index contributed by atoms with van der Waals surface area (Å²) in [6.07, 6.45) is 0. The van der Waals surface area contributed by atoms with Crippen LogP contribution in [0, 0.1) is 13.8 Å². The van der Waals surface area contributed by atoms with E-state index < -0.39 is 24.5 Å². The van der Waals surface area contributed by atoms with Crippen LogP contribution in [0.4, 0.5) is 10.5 Å². The van der Waals surface area contributed by atoms with Crippen LogP contribution in [0.15, 0.2) is 53.9 Å². The minimum Gasteiger partial charge on any atom is -0.451 e. The van der Waals surface area contributed by atoms with Gasteiger partial charge in [0.05, 0.1) is 0 Å². The van der Waals surface area contributed by atoms with E-state index in [2.05, 4.69) is 15.6 Å². The Morgan fingerprint density at radius 3 is 2.55 bits per heavy atom. The topological polar surface area (TPSA) is 97.4 Å². The van der Waals surface area contributed by atoms with Gasteiger partial charge in [0.25, 0.3) is 5.91 Å². The van der Waals surface area contributed by atoms with Crippen molar-refractivity contribution in [1.29, 1.82) is 0 Å². The molecule has 0 fully saturated rings. The van der Waals surface area contributed by atoms with Gasteiger partial charge < -0.3 is 10.1 Å². The molecule has 0 aliphatic carbocycles. The Morgan fingerprint density at radius 1 is 1.07 bits per heavy atom. The van der Waals surface area contributed by atoms with Crippen molar-refractivity contribution in [2.75, 3.05) is 11.9 Å². The number of carbonyl (C=O) groups excluding carboxylic acids is 3. The second-order valence-corrected chi connectivity index (χ2v) is 7.16. The van der Waals surface area contributed by atoms with Gasteiger partial charge in [-0.05, 0) is 25.5 Å². The van der Waals surface area contributed by atoms with Gasteiger partial charge in [-0.15, -0.1) is 11.3 Å². The number of aryl methyl sites for hydroxylation is 2. The predicted octanol–water partition coefficient (Wildman–Crippen LogP) is 3.93. The third-order valence-corrected chi connectivity index (χ3v) is 4.84. The van der Waals surface area contributed by atoms with Gasteiger partial charge in [-0.3, -0.25) is 10.1 Å². The quantitative estimate of drug-likeness (QED) is 0.622. The van der Waals surface area contributed by atoms with E-state index >= 15 is 0 Å². The van der Waals surface area contributed by atoms with Gasteiger partial charge in [-0.2, -0.15) is 0 Å². The molecule has 3 aromatic rings. The number of carbonyl (C=O) groups is 3. The molecule has 3 amide bonds. The lowest BCUT2D eigenvalue weighted by molar-refractivity contribution is -0.123. The molecule has 29 heavy (non-hydrogen) atoms. The summed E-state index contributed by atoms with van der Waals surface area (Å²) in [5.41, 5.74) is 3.53. The molecule has 0 spiro atoms. The number of thiazole rings is 1. The second kappa shape index (κ2) is 9.11. The van der Waals surface area contributed by atoms with E-state index in [1.807, 2.05) is 56.3 Å². The summed E-state index contributed by atoms with van der Waals surface area (Å²) in [7, 11) is 0. The van der Waals surface area contributed by atoms with Crippen LogP contribution in [-0.4, -0.2) is 29.5 Å². The van der Waals surface area contributed by atoms with Crippen LogP contribution < -0.4 is 10.6 Å². The fraction of sp³-hybridized carbons (Fsp3) is 0.143. The summed E-state index contributed by atoms with van der Waals surface area (Å²) in [5, 5.41) is 6.95. The molecule has 7 nitrogen and oxygen atoms in total. The molecule has 1 heterocycles. The first-order valence-corrected chi connectivity index (χ1v) is 9.66. The van der Waals surface area contributed by atoms with Gasteiger partial charge in [-0.1, -0.05) is 48.0 Å². The first kappa shape index (κ1) is 20.2. The van der Waals surface area contributed by atoms with Crippen LogP contribution in [0.1, 0.15) is 21.6 Å². The number of anilines is 1.